The van der Waals surface area contributed by atoms with Gasteiger partial charge in [0.05, 0.1) is 12.8 Å². The fourth-order valence-corrected chi connectivity index (χ4v) is 3.53. The summed E-state index contributed by atoms with van der Waals surface area (Å²) in [6, 6.07) is 14.0. The first-order chi connectivity index (χ1) is 15.1. The summed E-state index contributed by atoms with van der Waals surface area (Å²) in [6.07, 6.45) is 1.49. The zero-order chi connectivity index (χ0) is 22.1. The molecule has 0 saturated carbocycles. The van der Waals surface area contributed by atoms with Crippen LogP contribution in [0.5, 0.6) is 5.75 Å². The van der Waals surface area contributed by atoms with Gasteiger partial charge in [-0.15, -0.1) is 0 Å². The highest BCUT2D eigenvalue weighted by atomic mass is 16.5. The summed E-state index contributed by atoms with van der Waals surface area (Å²) in [4.78, 5) is 32.4. The molecule has 31 heavy (non-hydrogen) atoms. The standard InChI is InChI=1S/C24H31N3O4/c1-3-20(28)18-31-24(29)11-6-12-26-13-15-27(16-14-26)23-10-5-9-22(25-23)19-7-4-8-21(17-19)30-2/h4-5,7-10,17H,3,6,11-16,18H2,1-2H3. The zero-order valence-electron chi connectivity index (χ0n) is 18.4. The van der Waals surface area contributed by atoms with E-state index in [1.54, 1.807) is 14.0 Å². The van der Waals surface area contributed by atoms with Gasteiger partial charge in [0, 0.05) is 44.6 Å². The third-order valence-electron chi connectivity index (χ3n) is 5.44. The molecule has 1 fully saturated rings. The van der Waals surface area contributed by atoms with Gasteiger partial charge in [0.2, 0.25) is 0 Å². The number of benzene rings is 1. The molecule has 3 rings (SSSR count). The topological polar surface area (TPSA) is 72.0 Å². The maximum atomic E-state index is 11.7. The van der Waals surface area contributed by atoms with E-state index < -0.39 is 0 Å². The van der Waals surface area contributed by atoms with Crippen molar-refractivity contribution in [3.05, 3.63) is 42.5 Å². The van der Waals surface area contributed by atoms with Crippen molar-refractivity contribution in [1.29, 1.82) is 0 Å². The molecule has 7 nitrogen and oxygen atoms in total. The SMILES string of the molecule is CCC(=O)COC(=O)CCCN1CCN(c2cccc(-c3cccc(OC)c3)n2)CC1. The third-order valence-corrected chi connectivity index (χ3v) is 5.44. The molecule has 0 unspecified atom stereocenters. The second-order valence-corrected chi connectivity index (χ2v) is 7.60. The lowest BCUT2D eigenvalue weighted by molar-refractivity contribution is -0.148. The molecule has 0 radical (unpaired) electrons. The molecule has 2 aromatic rings. The summed E-state index contributed by atoms with van der Waals surface area (Å²) in [7, 11) is 1.67. The molecule has 1 aromatic carbocycles. The maximum Gasteiger partial charge on any atom is 0.306 e. The number of hydrogen-bond donors (Lipinski definition) is 0. The molecule has 1 aliphatic rings. The number of nitrogens with zero attached hydrogens (tertiary/aromatic N) is 3. The summed E-state index contributed by atoms with van der Waals surface area (Å²) in [6.45, 7) is 6.15. The predicted molar refractivity (Wildman–Crippen MR) is 120 cm³/mol. The van der Waals surface area contributed by atoms with E-state index in [0.29, 0.717) is 12.8 Å². The van der Waals surface area contributed by atoms with Crippen molar-refractivity contribution >= 4 is 17.6 Å². The van der Waals surface area contributed by atoms with Crippen molar-refractivity contribution in [1.82, 2.24) is 9.88 Å². The van der Waals surface area contributed by atoms with Crippen LogP contribution in [0.1, 0.15) is 26.2 Å². The Kier molecular flexibility index (Phi) is 8.41. The fourth-order valence-electron chi connectivity index (χ4n) is 3.53. The third kappa shape index (κ3) is 6.79. The van der Waals surface area contributed by atoms with Crippen LogP contribution in [-0.2, 0) is 14.3 Å². The van der Waals surface area contributed by atoms with E-state index in [9.17, 15) is 9.59 Å². The van der Waals surface area contributed by atoms with Crippen LogP contribution < -0.4 is 9.64 Å². The summed E-state index contributed by atoms with van der Waals surface area (Å²) in [5.74, 6) is 1.45. The van der Waals surface area contributed by atoms with Crippen LogP contribution in [0, 0.1) is 0 Å². The van der Waals surface area contributed by atoms with E-state index in [-0.39, 0.29) is 18.4 Å². The minimum absolute atomic E-state index is 0.0476. The number of anilines is 1. The van der Waals surface area contributed by atoms with Crippen molar-refractivity contribution in [3.63, 3.8) is 0 Å². The fraction of sp³-hybridized carbons (Fsp3) is 0.458. The Morgan fingerprint density at radius 2 is 1.84 bits per heavy atom. The average molecular weight is 426 g/mol. The van der Waals surface area contributed by atoms with Crippen LogP contribution in [0.3, 0.4) is 0 Å². The Balaban J connectivity index is 1.45. The molecule has 0 N–H and O–H groups in total. The van der Waals surface area contributed by atoms with Crippen LogP contribution in [-0.4, -0.2) is 68.1 Å². The number of methoxy groups -OCH3 is 1. The van der Waals surface area contributed by atoms with Crippen LogP contribution >= 0.6 is 0 Å². The number of ketones is 1. The molecule has 1 aromatic heterocycles. The summed E-state index contributed by atoms with van der Waals surface area (Å²) >= 11 is 0. The number of hydrogen-bond acceptors (Lipinski definition) is 7. The summed E-state index contributed by atoms with van der Waals surface area (Å²) in [5, 5.41) is 0. The molecule has 0 atom stereocenters. The number of piperazine rings is 1. The van der Waals surface area contributed by atoms with E-state index in [0.717, 1.165) is 62.0 Å². The number of carbonyl (C=O) groups is 2. The van der Waals surface area contributed by atoms with E-state index in [4.69, 9.17) is 14.5 Å². The highest BCUT2D eigenvalue weighted by Gasteiger charge is 2.18. The Morgan fingerprint density at radius 3 is 2.58 bits per heavy atom. The van der Waals surface area contributed by atoms with Crippen molar-refractivity contribution in [2.75, 3.05) is 51.3 Å². The Hall–Kier alpha value is -2.93. The number of aromatic nitrogens is 1. The van der Waals surface area contributed by atoms with Crippen LogP contribution in [0.2, 0.25) is 0 Å². The molecular formula is C24H31N3O4. The van der Waals surface area contributed by atoms with E-state index in [2.05, 4.69) is 9.80 Å². The highest BCUT2D eigenvalue weighted by Crippen LogP contribution is 2.24. The van der Waals surface area contributed by atoms with Crippen molar-refractivity contribution in [2.45, 2.75) is 26.2 Å². The lowest BCUT2D eigenvalue weighted by Gasteiger charge is -2.35. The molecule has 0 spiro atoms. The largest absolute Gasteiger partial charge is 0.497 e. The Labute approximate surface area is 184 Å². The van der Waals surface area contributed by atoms with Gasteiger partial charge < -0.3 is 14.4 Å². The predicted octanol–water partition coefficient (Wildman–Crippen LogP) is 3.18. The molecule has 0 amide bonds. The van der Waals surface area contributed by atoms with E-state index in [1.807, 2.05) is 42.5 Å². The van der Waals surface area contributed by atoms with Crippen LogP contribution in [0.4, 0.5) is 5.82 Å². The van der Waals surface area contributed by atoms with Crippen LogP contribution in [0.25, 0.3) is 11.3 Å². The monoisotopic (exact) mass is 425 g/mol. The molecular weight excluding hydrogens is 394 g/mol. The number of carbonyl (C=O) groups excluding carboxylic acids is 2. The van der Waals surface area contributed by atoms with Gasteiger partial charge in [-0.1, -0.05) is 25.1 Å². The van der Waals surface area contributed by atoms with Crippen molar-refractivity contribution < 1.29 is 19.1 Å². The lowest BCUT2D eigenvalue weighted by atomic mass is 10.1. The number of Topliss-reactive ketones (excluding diaryl/α,β-unsaturated/α-hetero) is 1. The molecule has 2 heterocycles. The lowest BCUT2D eigenvalue weighted by Crippen LogP contribution is -2.47. The molecule has 0 aliphatic carbocycles. The van der Waals surface area contributed by atoms with Gasteiger partial charge in [-0.3, -0.25) is 14.5 Å². The first-order valence-electron chi connectivity index (χ1n) is 10.8. The van der Waals surface area contributed by atoms with E-state index in [1.165, 1.54) is 0 Å². The van der Waals surface area contributed by atoms with Crippen molar-refractivity contribution in [3.8, 4) is 17.0 Å². The van der Waals surface area contributed by atoms with Gasteiger partial charge in [0.1, 0.15) is 18.2 Å². The van der Waals surface area contributed by atoms with Gasteiger partial charge >= 0.3 is 5.97 Å². The molecule has 0 bridgehead atoms. The minimum atomic E-state index is -0.293. The minimum Gasteiger partial charge on any atom is -0.497 e. The molecule has 1 aliphatic heterocycles. The van der Waals surface area contributed by atoms with Crippen LogP contribution in [0.15, 0.2) is 42.5 Å². The summed E-state index contributed by atoms with van der Waals surface area (Å²) < 4.78 is 10.3. The van der Waals surface area contributed by atoms with E-state index >= 15 is 0 Å². The summed E-state index contributed by atoms with van der Waals surface area (Å²) in [5.41, 5.74) is 1.96. The molecule has 166 valence electrons. The first-order valence-corrected chi connectivity index (χ1v) is 10.8. The number of rotatable bonds is 10. The number of pyridine rings is 1. The molecule has 1 saturated heterocycles. The zero-order valence-corrected chi connectivity index (χ0v) is 18.4. The van der Waals surface area contributed by atoms with Gasteiger partial charge in [-0.2, -0.15) is 0 Å². The van der Waals surface area contributed by atoms with Gasteiger partial charge in [-0.05, 0) is 37.2 Å². The highest BCUT2D eigenvalue weighted by molar-refractivity contribution is 5.82. The first kappa shape index (κ1) is 22.7. The van der Waals surface area contributed by atoms with Crippen molar-refractivity contribution in [2.24, 2.45) is 0 Å². The van der Waals surface area contributed by atoms with Gasteiger partial charge in [0.15, 0.2) is 5.78 Å². The van der Waals surface area contributed by atoms with Gasteiger partial charge in [0.25, 0.3) is 0 Å². The Morgan fingerprint density at radius 1 is 1.06 bits per heavy atom. The smallest absolute Gasteiger partial charge is 0.306 e. The second-order valence-electron chi connectivity index (χ2n) is 7.60. The number of ether oxygens (including phenoxy) is 2. The maximum absolute atomic E-state index is 11.7. The Bertz CT molecular complexity index is 879. The molecule has 7 heteroatoms. The number of esters is 1. The average Bonchev–Trinajstić information content (AvgIpc) is 2.83. The normalized spacial score (nSPS) is 14.3. The van der Waals surface area contributed by atoms with Gasteiger partial charge in [-0.25, -0.2) is 4.98 Å². The quantitative estimate of drug-likeness (QED) is 0.542. The second kappa shape index (κ2) is 11.5.